The molecule has 1 heterocycles. The summed E-state index contributed by atoms with van der Waals surface area (Å²) >= 11 is 0. The molecule has 0 unspecified atom stereocenters. The second kappa shape index (κ2) is 9.52. The van der Waals surface area contributed by atoms with E-state index in [0.717, 1.165) is 24.6 Å². The molecule has 0 aliphatic heterocycles. The fourth-order valence-corrected chi connectivity index (χ4v) is 2.73. The molecule has 2 N–H and O–H groups in total. The van der Waals surface area contributed by atoms with Crippen molar-refractivity contribution in [2.24, 2.45) is 4.99 Å². The Morgan fingerprint density at radius 3 is 2.52 bits per heavy atom. The summed E-state index contributed by atoms with van der Waals surface area (Å²) in [5.41, 5.74) is 3.37. The standard InChI is InChI=1S/C21H24FN5/c1-2-23-21(24-14-17-8-10-20(22)11-9-17)25-15-18-6-3-4-7-19(18)16-27-13-5-12-26-27/h3-13H,2,14-16H2,1H3,(H2,23,24,25). The lowest BCUT2D eigenvalue weighted by Crippen LogP contribution is -2.37. The van der Waals surface area contributed by atoms with Gasteiger partial charge < -0.3 is 10.6 Å². The highest BCUT2D eigenvalue weighted by atomic mass is 19.1. The van der Waals surface area contributed by atoms with E-state index in [4.69, 9.17) is 0 Å². The molecule has 0 fully saturated rings. The highest BCUT2D eigenvalue weighted by molar-refractivity contribution is 5.79. The Kier molecular flexibility index (Phi) is 6.57. The third-order valence-electron chi connectivity index (χ3n) is 4.13. The quantitative estimate of drug-likeness (QED) is 0.499. The van der Waals surface area contributed by atoms with Crippen LogP contribution in [0.15, 0.2) is 72.0 Å². The van der Waals surface area contributed by atoms with E-state index in [1.165, 1.54) is 23.3 Å². The largest absolute Gasteiger partial charge is 0.357 e. The number of aliphatic imine (C=N–C) groups is 1. The van der Waals surface area contributed by atoms with E-state index in [0.29, 0.717) is 13.1 Å². The van der Waals surface area contributed by atoms with Gasteiger partial charge in [0.1, 0.15) is 5.82 Å². The minimum absolute atomic E-state index is 0.235. The van der Waals surface area contributed by atoms with Crippen LogP contribution in [0.1, 0.15) is 23.6 Å². The van der Waals surface area contributed by atoms with Gasteiger partial charge in [0.15, 0.2) is 5.96 Å². The molecule has 3 rings (SSSR count). The molecule has 0 spiro atoms. The molecule has 0 atom stereocenters. The lowest BCUT2D eigenvalue weighted by molar-refractivity contribution is 0.627. The summed E-state index contributed by atoms with van der Waals surface area (Å²) in [5, 5.41) is 10.9. The summed E-state index contributed by atoms with van der Waals surface area (Å²) < 4.78 is 14.9. The van der Waals surface area contributed by atoms with Crippen LogP contribution in [-0.4, -0.2) is 22.3 Å². The number of nitrogens with zero attached hydrogens (tertiary/aromatic N) is 3. The second-order valence-electron chi connectivity index (χ2n) is 6.15. The van der Waals surface area contributed by atoms with Gasteiger partial charge in [-0.3, -0.25) is 4.68 Å². The van der Waals surface area contributed by atoms with Crippen molar-refractivity contribution in [1.82, 2.24) is 20.4 Å². The Morgan fingerprint density at radius 2 is 1.81 bits per heavy atom. The number of hydrogen-bond acceptors (Lipinski definition) is 2. The average molecular weight is 365 g/mol. The molecule has 1 aromatic heterocycles. The predicted octanol–water partition coefficient (Wildman–Crippen LogP) is 3.33. The van der Waals surface area contributed by atoms with E-state index in [1.54, 1.807) is 18.3 Å². The first kappa shape index (κ1) is 18.6. The number of halogens is 1. The van der Waals surface area contributed by atoms with Gasteiger partial charge in [0.25, 0.3) is 0 Å². The van der Waals surface area contributed by atoms with Crippen LogP contribution in [0, 0.1) is 5.82 Å². The number of aromatic nitrogens is 2. The highest BCUT2D eigenvalue weighted by Gasteiger charge is 2.05. The number of guanidine groups is 1. The van der Waals surface area contributed by atoms with Crippen molar-refractivity contribution in [2.45, 2.75) is 26.6 Å². The smallest absolute Gasteiger partial charge is 0.191 e. The maximum absolute atomic E-state index is 13.0. The lowest BCUT2D eigenvalue weighted by Gasteiger charge is -2.14. The topological polar surface area (TPSA) is 54.2 Å². The normalized spacial score (nSPS) is 11.4. The van der Waals surface area contributed by atoms with Crippen molar-refractivity contribution in [1.29, 1.82) is 0 Å². The second-order valence-corrected chi connectivity index (χ2v) is 6.15. The van der Waals surface area contributed by atoms with E-state index in [1.807, 2.05) is 36.0 Å². The molecular weight excluding hydrogens is 341 g/mol. The molecule has 2 aromatic carbocycles. The zero-order valence-corrected chi connectivity index (χ0v) is 15.4. The van der Waals surface area contributed by atoms with Gasteiger partial charge in [-0.05, 0) is 41.8 Å². The number of rotatable bonds is 7. The van der Waals surface area contributed by atoms with Gasteiger partial charge in [-0.15, -0.1) is 0 Å². The Hall–Kier alpha value is -3.15. The highest BCUT2D eigenvalue weighted by Crippen LogP contribution is 2.10. The molecule has 0 bridgehead atoms. The summed E-state index contributed by atoms with van der Waals surface area (Å²) in [6.45, 7) is 4.68. The van der Waals surface area contributed by atoms with E-state index in [9.17, 15) is 4.39 Å². The molecule has 6 heteroatoms. The maximum Gasteiger partial charge on any atom is 0.191 e. The first-order valence-corrected chi connectivity index (χ1v) is 9.05. The lowest BCUT2D eigenvalue weighted by atomic mass is 10.1. The van der Waals surface area contributed by atoms with Crippen LogP contribution < -0.4 is 10.6 Å². The Labute approximate surface area is 159 Å². The molecule has 5 nitrogen and oxygen atoms in total. The predicted molar refractivity (Wildman–Crippen MR) is 106 cm³/mol. The minimum Gasteiger partial charge on any atom is -0.357 e. The van der Waals surface area contributed by atoms with Crippen LogP contribution >= 0.6 is 0 Å². The molecule has 0 saturated heterocycles. The molecule has 27 heavy (non-hydrogen) atoms. The van der Waals surface area contributed by atoms with Crippen molar-refractivity contribution in [2.75, 3.05) is 6.54 Å². The molecule has 0 amide bonds. The minimum atomic E-state index is -0.235. The zero-order valence-electron chi connectivity index (χ0n) is 15.4. The number of hydrogen-bond donors (Lipinski definition) is 2. The van der Waals surface area contributed by atoms with Gasteiger partial charge in [-0.25, -0.2) is 9.38 Å². The van der Waals surface area contributed by atoms with Crippen LogP contribution in [0.25, 0.3) is 0 Å². The average Bonchev–Trinajstić information content (AvgIpc) is 3.19. The molecular formula is C21H24FN5. The maximum atomic E-state index is 13.0. The Balaban J connectivity index is 1.65. The fraction of sp³-hybridized carbons (Fsp3) is 0.238. The molecule has 0 saturated carbocycles. The van der Waals surface area contributed by atoms with Gasteiger partial charge in [-0.1, -0.05) is 36.4 Å². The van der Waals surface area contributed by atoms with Gasteiger partial charge in [0, 0.05) is 25.5 Å². The van der Waals surface area contributed by atoms with Gasteiger partial charge in [0.05, 0.1) is 13.1 Å². The van der Waals surface area contributed by atoms with Crippen molar-refractivity contribution in [3.8, 4) is 0 Å². The Bertz CT molecular complexity index is 857. The molecule has 0 aliphatic rings. The van der Waals surface area contributed by atoms with E-state index >= 15 is 0 Å². The van der Waals surface area contributed by atoms with E-state index in [2.05, 4.69) is 32.9 Å². The summed E-state index contributed by atoms with van der Waals surface area (Å²) in [7, 11) is 0. The third kappa shape index (κ3) is 5.67. The number of benzene rings is 2. The molecule has 0 radical (unpaired) electrons. The Morgan fingerprint density at radius 1 is 1.04 bits per heavy atom. The van der Waals surface area contributed by atoms with E-state index < -0.39 is 0 Å². The van der Waals surface area contributed by atoms with E-state index in [-0.39, 0.29) is 5.82 Å². The van der Waals surface area contributed by atoms with Gasteiger partial charge >= 0.3 is 0 Å². The van der Waals surface area contributed by atoms with Crippen molar-refractivity contribution >= 4 is 5.96 Å². The molecule has 140 valence electrons. The van der Waals surface area contributed by atoms with Crippen LogP contribution in [0.5, 0.6) is 0 Å². The molecule has 0 aliphatic carbocycles. The van der Waals surface area contributed by atoms with Crippen LogP contribution in [0.4, 0.5) is 4.39 Å². The summed E-state index contributed by atoms with van der Waals surface area (Å²) in [4.78, 5) is 4.59. The van der Waals surface area contributed by atoms with Gasteiger partial charge in [-0.2, -0.15) is 5.10 Å². The first-order chi connectivity index (χ1) is 13.2. The summed E-state index contributed by atoms with van der Waals surface area (Å²) in [6.07, 6.45) is 3.74. The van der Waals surface area contributed by atoms with Gasteiger partial charge in [0.2, 0.25) is 0 Å². The summed E-state index contributed by atoms with van der Waals surface area (Å²) in [6, 6.07) is 16.6. The van der Waals surface area contributed by atoms with Crippen molar-refractivity contribution < 1.29 is 4.39 Å². The van der Waals surface area contributed by atoms with Crippen LogP contribution in [-0.2, 0) is 19.6 Å². The van der Waals surface area contributed by atoms with Crippen LogP contribution in [0.2, 0.25) is 0 Å². The zero-order chi connectivity index (χ0) is 18.9. The molecule has 3 aromatic rings. The first-order valence-electron chi connectivity index (χ1n) is 9.05. The monoisotopic (exact) mass is 365 g/mol. The number of nitrogens with one attached hydrogen (secondary N) is 2. The fourth-order valence-electron chi connectivity index (χ4n) is 2.73. The SMILES string of the molecule is CCNC(=NCc1ccc(F)cc1)NCc1ccccc1Cn1cccn1. The van der Waals surface area contributed by atoms with Crippen molar-refractivity contribution in [3.05, 3.63) is 89.5 Å². The van der Waals surface area contributed by atoms with Crippen LogP contribution in [0.3, 0.4) is 0 Å². The van der Waals surface area contributed by atoms with Crippen molar-refractivity contribution in [3.63, 3.8) is 0 Å². The third-order valence-corrected chi connectivity index (χ3v) is 4.13. The summed E-state index contributed by atoms with van der Waals surface area (Å²) in [5.74, 6) is 0.497.